The molecule has 2 aromatic rings. The van der Waals surface area contributed by atoms with Crippen LogP contribution >= 0.6 is 11.6 Å². The van der Waals surface area contributed by atoms with Gasteiger partial charge in [0.25, 0.3) is 0 Å². The molecule has 0 radical (unpaired) electrons. The first kappa shape index (κ1) is 19.5. The van der Waals surface area contributed by atoms with E-state index in [0.717, 1.165) is 11.1 Å². The topological polar surface area (TPSA) is 49.3 Å². The van der Waals surface area contributed by atoms with Gasteiger partial charge in [-0.3, -0.25) is 4.79 Å². The van der Waals surface area contributed by atoms with Crippen molar-refractivity contribution in [1.29, 1.82) is 0 Å². The van der Waals surface area contributed by atoms with E-state index in [1.54, 1.807) is 0 Å². The first-order valence-electron chi connectivity index (χ1n) is 8.45. The lowest BCUT2D eigenvalue weighted by molar-refractivity contribution is -0.126. The minimum Gasteiger partial charge on any atom is -0.394 e. The van der Waals surface area contributed by atoms with Gasteiger partial charge in [-0.1, -0.05) is 81.4 Å². The molecule has 2 N–H and O–H groups in total. The Bertz CT molecular complexity index is 641. The Morgan fingerprint density at radius 3 is 1.76 bits per heavy atom. The Morgan fingerprint density at radius 2 is 1.44 bits per heavy atom. The molecule has 0 saturated heterocycles. The number of benzene rings is 2. The summed E-state index contributed by atoms with van der Waals surface area (Å²) < 4.78 is 0. The Kier molecular flexibility index (Phi) is 6.26. The van der Waals surface area contributed by atoms with Crippen molar-refractivity contribution in [3.05, 3.63) is 71.8 Å². The van der Waals surface area contributed by atoms with E-state index >= 15 is 0 Å². The molecule has 134 valence electrons. The quantitative estimate of drug-likeness (QED) is 0.772. The van der Waals surface area contributed by atoms with Crippen LogP contribution in [0, 0.1) is 5.41 Å². The highest BCUT2D eigenvalue weighted by molar-refractivity contribution is 6.21. The molecule has 0 heterocycles. The van der Waals surface area contributed by atoms with Gasteiger partial charge in [-0.15, -0.1) is 11.6 Å². The van der Waals surface area contributed by atoms with Crippen molar-refractivity contribution in [3.8, 4) is 0 Å². The predicted octanol–water partition coefficient (Wildman–Crippen LogP) is 3.73. The van der Waals surface area contributed by atoms with E-state index in [-0.39, 0.29) is 29.9 Å². The van der Waals surface area contributed by atoms with Crippen LogP contribution in [-0.4, -0.2) is 29.5 Å². The average molecular weight is 360 g/mol. The number of aliphatic hydroxyl groups excluding tert-OH is 1. The summed E-state index contributed by atoms with van der Waals surface area (Å²) in [5.41, 5.74) is 0.386. The van der Waals surface area contributed by atoms with Crippen molar-refractivity contribution in [2.75, 3.05) is 12.5 Å². The van der Waals surface area contributed by atoms with E-state index < -0.39 is 5.41 Å². The zero-order valence-electron chi connectivity index (χ0n) is 15.0. The van der Waals surface area contributed by atoms with E-state index in [4.69, 9.17) is 11.6 Å². The number of carbonyl (C=O) groups excluding carboxylic acids is 1. The molecule has 0 aliphatic carbocycles. The number of hydrogen-bond acceptors (Lipinski definition) is 2. The fourth-order valence-corrected chi connectivity index (χ4v) is 3.34. The molecule has 0 aromatic heterocycles. The van der Waals surface area contributed by atoms with Gasteiger partial charge < -0.3 is 10.4 Å². The van der Waals surface area contributed by atoms with Crippen molar-refractivity contribution in [2.45, 2.75) is 32.2 Å². The van der Waals surface area contributed by atoms with E-state index in [0.29, 0.717) is 0 Å². The molecule has 3 nitrogen and oxygen atoms in total. The smallest absolute Gasteiger partial charge is 0.236 e. The van der Waals surface area contributed by atoms with Gasteiger partial charge >= 0.3 is 0 Å². The van der Waals surface area contributed by atoms with Crippen LogP contribution in [-0.2, 0) is 10.2 Å². The monoisotopic (exact) mass is 359 g/mol. The van der Waals surface area contributed by atoms with Gasteiger partial charge in [-0.2, -0.15) is 0 Å². The van der Waals surface area contributed by atoms with Crippen LogP contribution in [0.2, 0.25) is 0 Å². The summed E-state index contributed by atoms with van der Waals surface area (Å²) >= 11 is 6.41. The van der Waals surface area contributed by atoms with E-state index in [2.05, 4.69) is 5.32 Å². The van der Waals surface area contributed by atoms with Crippen molar-refractivity contribution in [2.24, 2.45) is 5.41 Å². The van der Waals surface area contributed by atoms with Crippen LogP contribution < -0.4 is 5.32 Å². The van der Waals surface area contributed by atoms with Gasteiger partial charge in [0, 0.05) is 5.88 Å². The summed E-state index contributed by atoms with van der Waals surface area (Å²) in [5.74, 6) is -0.0938. The molecule has 1 amide bonds. The Labute approximate surface area is 155 Å². The number of rotatable bonds is 6. The second-order valence-electron chi connectivity index (χ2n) is 7.35. The predicted molar refractivity (Wildman–Crippen MR) is 103 cm³/mol. The standard InChI is InChI=1S/C21H26ClNO2/c1-20(2,3)18(14-24)23-19(25)21(15-22,16-10-6-4-7-11-16)17-12-8-5-9-13-17/h4-13,18,24H,14-15H2,1-3H3,(H,23,25)/t18-/m1/s1. The third kappa shape index (κ3) is 4.05. The van der Waals surface area contributed by atoms with Gasteiger partial charge in [0.15, 0.2) is 0 Å². The maximum atomic E-state index is 13.4. The highest BCUT2D eigenvalue weighted by Crippen LogP contribution is 2.35. The fourth-order valence-electron chi connectivity index (χ4n) is 2.91. The van der Waals surface area contributed by atoms with Crippen molar-refractivity contribution in [3.63, 3.8) is 0 Å². The lowest BCUT2D eigenvalue weighted by Crippen LogP contribution is -2.54. The first-order valence-corrected chi connectivity index (χ1v) is 8.98. The van der Waals surface area contributed by atoms with Crippen molar-refractivity contribution in [1.82, 2.24) is 5.32 Å². The number of halogens is 1. The molecular weight excluding hydrogens is 334 g/mol. The van der Waals surface area contributed by atoms with Gasteiger partial charge in [0.2, 0.25) is 5.91 Å². The van der Waals surface area contributed by atoms with E-state index in [9.17, 15) is 9.90 Å². The summed E-state index contributed by atoms with van der Waals surface area (Å²) in [6.07, 6.45) is 0. The molecular formula is C21H26ClNO2. The SMILES string of the molecule is CC(C)(C)[C@@H](CO)NC(=O)C(CCl)(c1ccccc1)c1ccccc1. The molecule has 0 aliphatic rings. The summed E-state index contributed by atoms with van der Waals surface area (Å²) in [6.45, 7) is 5.84. The number of carbonyl (C=O) groups is 1. The van der Waals surface area contributed by atoms with Crippen LogP contribution in [0.5, 0.6) is 0 Å². The summed E-state index contributed by atoms with van der Waals surface area (Å²) in [7, 11) is 0. The van der Waals surface area contributed by atoms with Gasteiger partial charge in [-0.25, -0.2) is 0 Å². The molecule has 0 spiro atoms. The van der Waals surface area contributed by atoms with Gasteiger partial charge in [-0.05, 0) is 16.5 Å². The molecule has 25 heavy (non-hydrogen) atoms. The van der Waals surface area contributed by atoms with Crippen LogP contribution in [0.1, 0.15) is 31.9 Å². The minimum atomic E-state index is -1.01. The third-order valence-corrected chi connectivity index (χ3v) is 5.06. The highest BCUT2D eigenvalue weighted by Gasteiger charge is 2.43. The largest absolute Gasteiger partial charge is 0.394 e. The lowest BCUT2D eigenvalue weighted by atomic mass is 9.74. The van der Waals surface area contributed by atoms with E-state index in [1.165, 1.54) is 0 Å². The summed E-state index contributed by atoms with van der Waals surface area (Å²) in [5, 5.41) is 12.8. The average Bonchev–Trinajstić information content (AvgIpc) is 2.61. The maximum absolute atomic E-state index is 13.4. The van der Waals surface area contributed by atoms with Crippen LogP contribution in [0.3, 0.4) is 0 Å². The van der Waals surface area contributed by atoms with Crippen LogP contribution in [0.25, 0.3) is 0 Å². The van der Waals surface area contributed by atoms with Gasteiger partial charge in [0.1, 0.15) is 5.41 Å². The van der Waals surface area contributed by atoms with Crippen LogP contribution in [0.15, 0.2) is 60.7 Å². The van der Waals surface area contributed by atoms with Crippen LogP contribution in [0.4, 0.5) is 0 Å². The van der Waals surface area contributed by atoms with E-state index in [1.807, 2.05) is 81.4 Å². The molecule has 0 fully saturated rings. The summed E-state index contributed by atoms with van der Waals surface area (Å²) in [6, 6.07) is 18.7. The fraction of sp³-hybridized carbons (Fsp3) is 0.381. The molecule has 1 atom stereocenters. The maximum Gasteiger partial charge on any atom is 0.236 e. The lowest BCUT2D eigenvalue weighted by Gasteiger charge is -2.36. The Hall–Kier alpha value is -1.84. The number of nitrogens with one attached hydrogen (secondary N) is 1. The zero-order valence-corrected chi connectivity index (χ0v) is 15.8. The second kappa shape index (κ2) is 8.03. The van der Waals surface area contributed by atoms with Crippen molar-refractivity contribution < 1.29 is 9.90 Å². The highest BCUT2D eigenvalue weighted by atomic mass is 35.5. The number of aliphatic hydroxyl groups is 1. The molecule has 0 saturated carbocycles. The number of hydrogen-bond donors (Lipinski definition) is 2. The minimum absolute atomic E-state index is 0.106. The molecule has 4 heteroatoms. The molecule has 2 aromatic carbocycles. The molecule has 2 rings (SSSR count). The van der Waals surface area contributed by atoms with Crippen molar-refractivity contribution >= 4 is 17.5 Å². The first-order chi connectivity index (χ1) is 11.9. The molecule has 0 bridgehead atoms. The van der Waals surface area contributed by atoms with Gasteiger partial charge in [0.05, 0.1) is 12.6 Å². The Morgan fingerprint density at radius 1 is 1.00 bits per heavy atom. The number of alkyl halides is 1. The normalized spacial score (nSPS) is 13.3. The third-order valence-electron chi connectivity index (χ3n) is 4.65. The number of amides is 1. The molecule has 0 aliphatic heterocycles. The summed E-state index contributed by atoms with van der Waals surface area (Å²) in [4.78, 5) is 13.4. The zero-order chi connectivity index (χ0) is 18.5. The molecule has 0 unspecified atom stereocenters. The second-order valence-corrected chi connectivity index (χ2v) is 7.61. The Balaban J connectivity index is 2.54.